The van der Waals surface area contributed by atoms with E-state index in [4.69, 9.17) is 10.5 Å². The van der Waals surface area contributed by atoms with Crippen LogP contribution in [-0.2, 0) is 13.1 Å². The van der Waals surface area contributed by atoms with Gasteiger partial charge in [0.25, 0.3) is 5.91 Å². The molecule has 3 aromatic rings. The average molecular weight is 404 g/mol. The molecule has 1 saturated heterocycles. The van der Waals surface area contributed by atoms with Gasteiger partial charge in [0.2, 0.25) is 0 Å². The molecule has 0 bridgehead atoms. The summed E-state index contributed by atoms with van der Waals surface area (Å²) in [6.45, 7) is 3.45. The van der Waals surface area contributed by atoms with Crippen LogP contribution < -0.4 is 15.8 Å². The number of fused-ring (bicyclic) bond motifs is 1. The number of nitrogens with two attached hydrogens (primary N) is 1. The Morgan fingerprint density at radius 2 is 1.77 bits per heavy atom. The van der Waals surface area contributed by atoms with Gasteiger partial charge >= 0.3 is 0 Å². The standard InChI is InChI=1S/C25H29N3O2/c1-30-24-4-2-3-21(15-24)25(29)27-23-9-11-28(12-10-23)17-19-6-8-20-7-5-18(16-26)13-22(20)14-19/h2-8,13-15,23H,9-12,16-17,26H2,1H3,(H,27,29). The fraction of sp³-hybridized carbons (Fsp3) is 0.320. The van der Waals surface area contributed by atoms with Crippen molar-refractivity contribution in [1.29, 1.82) is 0 Å². The molecule has 4 rings (SSSR count). The molecule has 0 aromatic heterocycles. The summed E-state index contributed by atoms with van der Waals surface area (Å²) < 4.78 is 5.21. The predicted molar refractivity (Wildman–Crippen MR) is 121 cm³/mol. The molecule has 1 aliphatic heterocycles. The van der Waals surface area contributed by atoms with E-state index in [1.807, 2.05) is 18.2 Å². The molecule has 1 aliphatic rings. The Kier molecular flexibility index (Phi) is 6.31. The lowest BCUT2D eigenvalue weighted by molar-refractivity contribution is 0.0908. The summed E-state index contributed by atoms with van der Waals surface area (Å²) in [6, 6.07) is 20.6. The zero-order chi connectivity index (χ0) is 20.9. The molecule has 1 amide bonds. The maximum atomic E-state index is 12.5. The highest BCUT2D eigenvalue weighted by atomic mass is 16.5. The van der Waals surface area contributed by atoms with Crippen molar-refractivity contribution in [1.82, 2.24) is 10.2 Å². The van der Waals surface area contributed by atoms with Crippen LogP contribution in [0.2, 0.25) is 0 Å². The van der Waals surface area contributed by atoms with Gasteiger partial charge in [0.15, 0.2) is 0 Å². The second-order valence-electron chi connectivity index (χ2n) is 7.98. The number of methoxy groups -OCH3 is 1. The summed E-state index contributed by atoms with van der Waals surface area (Å²) in [7, 11) is 1.61. The topological polar surface area (TPSA) is 67.6 Å². The van der Waals surface area contributed by atoms with Crippen LogP contribution >= 0.6 is 0 Å². The number of amides is 1. The molecule has 3 aromatic carbocycles. The molecule has 0 saturated carbocycles. The lowest BCUT2D eigenvalue weighted by Gasteiger charge is -2.32. The number of nitrogens with one attached hydrogen (secondary N) is 1. The van der Waals surface area contributed by atoms with Crippen molar-refractivity contribution >= 4 is 16.7 Å². The van der Waals surface area contributed by atoms with Crippen LogP contribution in [0.5, 0.6) is 5.75 Å². The highest BCUT2D eigenvalue weighted by Gasteiger charge is 2.21. The Morgan fingerprint density at radius 3 is 2.50 bits per heavy atom. The maximum Gasteiger partial charge on any atom is 0.251 e. The Hall–Kier alpha value is -2.89. The van der Waals surface area contributed by atoms with Gasteiger partial charge in [-0.1, -0.05) is 30.3 Å². The fourth-order valence-electron chi connectivity index (χ4n) is 4.10. The van der Waals surface area contributed by atoms with Crippen molar-refractivity contribution in [3.8, 4) is 5.75 Å². The number of rotatable bonds is 6. The van der Waals surface area contributed by atoms with E-state index in [1.54, 1.807) is 13.2 Å². The van der Waals surface area contributed by atoms with Gasteiger partial charge in [-0.2, -0.15) is 0 Å². The molecular weight excluding hydrogens is 374 g/mol. The molecule has 1 fully saturated rings. The number of likely N-dealkylation sites (tertiary alicyclic amines) is 1. The number of carbonyl (C=O) groups is 1. The van der Waals surface area contributed by atoms with Crippen molar-refractivity contribution in [3.05, 3.63) is 77.4 Å². The van der Waals surface area contributed by atoms with Crippen molar-refractivity contribution in [2.24, 2.45) is 5.73 Å². The summed E-state index contributed by atoms with van der Waals surface area (Å²) in [5.74, 6) is 0.670. The lowest BCUT2D eigenvalue weighted by Crippen LogP contribution is -2.44. The van der Waals surface area contributed by atoms with Gasteiger partial charge in [-0.05, 0) is 65.1 Å². The second-order valence-corrected chi connectivity index (χ2v) is 7.98. The zero-order valence-corrected chi connectivity index (χ0v) is 17.4. The number of carbonyl (C=O) groups excluding carboxylic acids is 1. The molecule has 30 heavy (non-hydrogen) atoms. The predicted octanol–water partition coefficient (Wildman–Crippen LogP) is 3.70. The third kappa shape index (κ3) is 4.81. The van der Waals surface area contributed by atoms with Crippen LogP contribution in [0.15, 0.2) is 60.7 Å². The second kappa shape index (κ2) is 9.28. The molecule has 0 spiro atoms. The minimum absolute atomic E-state index is 0.0300. The molecule has 0 unspecified atom stereocenters. The van der Waals surface area contributed by atoms with E-state index in [0.29, 0.717) is 17.9 Å². The first-order valence-electron chi connectivity index (χ1n) is 10.5. The number of piperidine rings is 1. The third-order valence-electron chi connectivity index (χ3n) is 5.87. The van der Waals surface area contributed by atoms with Gasteiger partial charge in [0, 0.05) is 37.8 Å². The van der Waals surface area contributed by atoms with Gasteiger partial charge in [-0.25, -0.2) is 0 Å². The van der Waals surface area contributed by atoms with E-state index in [9.17, 15) is 4.79 Å². The Bertz CT molecular complexity index is 1030. The van der Waals surface area contributed by atoms with Gasteiger partial charge in [0.1, 0.15) is 5.75 Å². The maximum absolute atomic E-state index is 12.5. The molecule has 0 radical (unpaired) electrons. The van der Waals surface area contributed by atoms with Crippen molar-refractivity contribution in [2.75, 3.05) is 20.2 Å². The summed E-state index contributed by atoms with van der Waals surface area (Å²) in [5.41, 5.74) is 8.90. The number of benzene rings is 3. The first kappa shape index (κ1) is 20.4. The van der Waals surface area contributed by atoms with Crippen molar-refractivity contribution in [3.63, 3.8) is 0 Å². The number of nitrogens with zero attached hydrogens (tertiary/aromatic N) is 1. The molecule has 5 nitrogen and oxygen atoms in total. The first-order chi connectivity index (χ1) is 14.6. The lowest BCUT2D eigenvalue weighted by atomic mass is 10.0. The van der Waals surface area contributed by atoms with Gasteiger partial charge in [0.05, 0.1) is 7.11 Å². The normalized spacial score (nSPS) is 15.3. The van der Waals surface area contributed by atoms with Crippen molar-refractivity contribution < 1.29 is 9.53 Å². The highest BCUT2D eigenvalue weighted by molar-refractivity contribution is 5.94. The molecule has 156 valence electrons. The Labute approximate surface area is 177 Å². The molecule has 1 heterocycles. The summed E-state index contributed by atoms with van der Waals surface area (Å²) in [6.07, 6.45) is 1.92. The minimum Gasteiger partial charge on any atom is -0.497 e. The first-order valence-corrected chi connectivity index (χ1v) is 10.5. The van der Waals surface area contributed by atoms with Crippen molar-refractivity contribution in [2.45, 2.75) is 32.0 Å². The smallest absolute Gasteiger partial charge is 0.251 e. The average Bonchev–Trinajstić information content (AvgIpc) is 2.79. The third-order valence-corrected chi connectivity index (χ3v) is 5.87. The quantitative estimate of drug-likeness (QED) is 0.659. The minimum atomic E-state index is -0.0300. The van der Waals surface area contributed by atoms with Gasteiger partial charge in [-0.3, -0.25) is 9.69 Å². The van der Waals surface area contributed by atoms with Crippen LogP contribution in [-0.4, -0.2) is 37.0 Å². The molecule has 5 heteroatoms. The summed E-state index contributed by atoms with van der Waals surface area (Å²) in [5, 5.41) is 5.67. The van der Waals surface area contributed by atoms with E-state index in [0.717, 1.165) is 38.0 Å². The SMILES string of the molecule is COc1cccc(C(=O)NC2CCN(Cc3ccc4ccc(CN)cc4c3)CC2)c1. The summed E-state index contributed by atoms with van der Waals surface area (Å²) >= 11 is 0. The van der Waals surface area contributed by atoms with Gasteiger partial charge in [-0.15, -0.1) is 0 Å². The van der Waals surface area contributed by atoms with Gasteiger partial charge < -0.3 is 15.8 Å². The summed E-state index contributed by atoms with van der Waals surface area (Å²) in [4.78, 5) is 15.0. The number of hydrogen-bond donors (Lipinski definition) is 2. The van der Waals surface area contributed by atoms with Crippen LogP contribution in [0, 0.1) is 0 Å². The Morgan fingerprint density at radius 1 is 1.03 bits per heavy atom. The molecular formula is C25H29N3O2. The zero-order valence-electron chi connectivity index (χ0n) is 17.4. The van der Waals surface area contributed by atoms with E-state index < -0.39 is 0 Å². The van der Waals surface area contributed by atoms with Crippen LogP contribution in [0.4, 0.5) is 0 Å². The van der Waals surface area contributed by atoms with Crippen LogP contribution in [0.3, 0.4) is 0 Å². The number of hydrogen-bond acceptors (Lipinski definition) is 4. The van der Waals surface area contributed by atoms with E-state index in [2.05, 4.69) is 46.6 Å². The highest BCUT2D eigenvalue weighted by Crippen LogP contribution is 2.21. The largest absolute Gasteiger partial charge is 0.497 e. The molecule has 3 N–H and O–H groups in total. The van der Waals surface area contributed by atoms with Crippen LogP contribution in [0.1, 0.15) is 34.3 Å². The van der Waals surface area contributed by atoms with E-state index >= 15 is 0 Å². The van der Waals surface area contributed by atoms with E-state index in [-0.39, 0.29) is 11.9 Å². The Balaban J connectivity index is 1.32. The molecule has 0 aliphatic carbocycles. The van der Waals surface area contributed by atoms with Crippen LogP contribution in [0.25, 0.3) is 10.8 Å². The number of ether oxygens (including phenoxy) is 1. The fourth-order valence-corrected chi connectivity index (χ4v) is 4.10. The van der Waals surface area contributed by atoms with E-state index in [1.165, 1.54) is 16.3 Å². The monoisotopic (exact) mass is 403 g/mol. The molecule has 0 atom stereocenters.